The molecule has 15 heavy (non-hydrogen) atoms. The van der Waals surface area contributed by atoms with Gasteiger partial charge in [-0.2, -0.15) is 5.10 Å². The number of aliphatic hydroxyl groups is 1. The van der Waals surface area contributed by atoms with Crippen LogP contribution in [0.15, 0.2) is 6.33 Å². The molecule has 0 unspecified atom stereocenters. The van der Waals surface area contributed by atoms with Crippen molar-refractivity contribution in [2.75, 3.05) is 6.54 Å². The molecular formula is C9H16N4O2. The first-order valence-corrected chi connectivity index (χ1v) is 4.97. The number of rotatable bonds is 5. The number of hydrogen-bond acceptors (Lipinski definition) is 4. The Labute approximate surface area is 88.1 Å². The van der Waals surface area contributed by atoms with E-state index in [0.717, 1.165) is 0 Å². The van der Waals surface area contributed by atoms with Crippen molar-refractivity contribution in [2.24, 2.45) is 0 Å². The van der Waals surface area contributed by atoms with Crippen LogP contribution in [0.4, 0.5) is 0 Å². The van der Waals surface area contributed by atoms with E-state index in [1.165, 1.54) is 6.33 Å². The first-order valence-electron chi connectivity index (χ1n) is 4.97. The lowest BCUT2D eigenvalue weighted by Gasteiger charge is -2.24. The highest BCUT2D eigenvalue weighted by molar-refractivity contribution is 5.90. The molecule has 6 nitrogen and oxygen atoms in total. The van der Waals surface area contributed by atoms with Gasteiger partial charge in [0, 0.05) is 6.54 Å². The van der Waals surface area contributed by atoms with Crippen LogP contribution in [0.2, 0.25) is 0 Å². The number of carbonyl (C=O) groups excluding carboxylic acids is 1. The average molecular weight is 212 g/mol. The summed E-state index contributed by atoms with van der Waals surface area (Å²) >= 11 is 0. The predicted octanol–water partition coefficient (Wildman–Crippen LogP) is 0.0856. The molecule has 1 aromatic rings. The molecular weight excluding hydrogens is 196 g/mol. The van der Waals surface area contributed by atoms with Crippen molar-refractivity contribution in [3.63, 3.8) is 0 Å². The Bertz CT molecular complexity index is 306. The minimum Gasteiger partial charge on any atom is -0.388 e. The van der Waals surface area contributed by atoms with Gasteiger partial charge in [0.1, 0.15) is 6.33 Å². The van der Waals surface area contributed by atoms with Gasteiger partial charge in [0.15, 0.2) is 0 Å². The Morgan fingerprint density at radius 1 is 1.60 bits per heavy atom. The SMILES string of the molecule is CCC(O)(CC)CNC(=O)c1ncn[nH]1. The summed E-state index contributed by atoms with van der Waals surface area (Å²) in [5.74, 6) is -0.197. The van der Waals surface area contributed by atoms with Crippen molar-refractivity contribution in [2.45, 2.75) is 32.3 Å². The second-order valence-electron chi connectivity index (χ2n) is 3.45. The molecule has 0 fully saturated rings. The standard InChI is InChI=1S/C9H16N4O2/c1-3-9(15,4-2)5-10-8(14)7-11-6-12-13-7/h6,15H,3-5H2,1-2H3,(H,10,14)(H,11,12,13). The van der Waals surface area contributed by atoms with E-state index in [-0.39, 0.29) is 18.3 Å². The first kappa shape index (κ1) is 11.6. The van der Waals surface area contributed by atoms with E-state index >= 15 is 0 Å². The largest absolute Gasteiger partial charge is 0.388 e. The number of hydrogen-bond donors (Lipinski definition) is 3. The zero-order chi connectivity index (χ0) is 11.3. The van der Waals surface area contributed by atoms with Crippen LogP contribution in [0.3, 0.4) is 0 Å². The Balaban J connectivity index is 2.47. The lowest BCUT2D eigenvalue weighted by atomic mass is 9.98. The molecule has 1 amide bonds. The predicted molar refractivity (Wildman–Crippen MR) is 54.2 cm³/mol. The van der Waals surface area contributed by atoms with Gasteiger partial charge in [-0.1, -0.05) is 13.8 Å². The average Bonchev–Trinajstić information content (AvgIpc) is 2.79. The summed E-state index contributed by atoms with van der Waals surface area (Å²) in [7, 11) is 0. The fourth-order valence-corrected chi connectivity index (χ4v) is 1.14. The number of nitrogens with zero attached hydrogens (tertiary/aromatic N) is 2. The maximum Gasteiger partial charge on any atom is 0.288 e. The highest BCUT2D eigenvalue weighted by Gasteiger charge is 2.23. The Hall–Kier alpha value is -1.43. The number of carbonyl (C=O) groups is 1. The third-order valence-corrected chi connectivity index (χ3v) is 2.52. The molecule has 0 aliphatic heterocycles. The molecule has 0 aliphatic rings. The Morgan fingerprint density at radius 3 is 2.73 bits per heavy atom. The quantitative estimate of drug-likeness (QED) is 0.645. The van der Waals surface area contributed by atoms with Crippen LogP contribution in [0, 0.1) is 0 Å². The minimum absolute atomic E-state index is 0.157. The molecule has 1 rings (SSSR count). The van der Waals surface area contributed by atoms with E-state index in [1.54, 1.807) is 0 Å². The van der Waals surface area contributed by atoms with Gasteiger partial charge in [0.05, 0.1) is 5.60 Å². The van der Waals surface area contributed by atoms with E-state index in [9.17, 15) is 9.90 Å². The minimum atomic E-state index is -0.838. The maximum absolute atomic E-state index is 11.4. The van der Waals surface area contributed by atoms with E-state index in [0.29, 0.717) is 12.8 Å². The fraction of sp³-hybridized carbons (Fsp3) is 0.667. The molecule has 0 saturated heterocycles. The van der Waals surface area contributed by atoms with Crippen molar-refractivity contribution < 1.29 is 9.90 Å². The smallest absolute Gasteiger partial charge is 0.288 e. The summed E-state index contributed by atoms with van der Waals surface area (Å²) in [5, 5.41) is 18.5. The third kappa shape index (κ3) is 3.02. The molecule has 0 atom stereocenters. The number of amides is 1. The summed E-state index contributed by atoms with van der Waals surface area (Å²) in [6, 6.07) is 0. The second-order valence-corrected chi connectivity index (χ2v) is 3.45. The van der Waals surface area contributed by atoms with Crippen molar-refractivity contribution in [1.82, 2.24) is 20.5 Å². The van der Waals surface area contributed by atoms with Gasteiger partial charge in [0.2, 0.25) is 5.82 Å². The van der Waals surface area contributed by atoms with Crippen LogP contribution in [0.25, 0.3) is 0 Å². The van der Waals surface area contributed by atoms with Crippen molar-refractivity contribution in [3.8, 4) is 0 Å². The lowest BCUT2D eigenvalue weighted by molar-refractivity contribution is 0.0312. The Morgan fingerprint density at radius 2 is 2.27 bits per heavy atom. The van der Waals surface area contributed by atoms with Crippen molar-refractivity contribution >= 4 is 5.91 Å². The summed E-state index contributed by atoms with van der Waals surface area (Å²) in [6.07, 6.45) is 2.46. The zero-order valence-corrected chi connectivity index (χ0v) is 8.95. The van der Waals surface area contributed by atoms with Crippen LogP contribution in [-0.2, 0) is 0 Å². The Kier molecular flexibility index (Phi) is 3.79. The number of aromatic amines is 1. The van der Waals surface area contributed by atoms with Crippen LogP contribution in [0.1, 0.15) is 37.3 Å². The van der Waals surface area contributed by atoms with Gasteiger partial charge >= 0.3 is 0 Å². The molecule has 0 radical (unpaired) electrons. The number of H-pyrrole nitrogens is 1. The third-order valence-electron chi connectivity index (χ3n) is 2.52. The highest BCUT2D eigenvalue weighted by atomic mass is 16.3. The molecule has 6 heteroatoms. The lowest BCUT2D eigenvalue weighted by Crippen LogP contribution is -2.42. The fourth-order valence-electron chi connectivity index (χ4n) is 1.14. The second kappa shape index (κ2) is 4.88. The van der Waals surface area contributed by atoms with Crippen molar-refractivity contribution in [3.05, 3.63) is 12.2 Å². The number of aromatic nitrogens is 3. The molecule has 0 aliphatic carbocycles. The molecule has 0 saturated carbocycles. The maximum atomic E-state index is 11.4. The van der Waals surface area contributed by atoms with E-state index in [1.807, 2.05) is 13.8 Å². The topological polar surface area (TPSA) is 90.9 Å². The number of nitrogens with one attached hydrogen (secondary N) is 2. The van der Waals surface area contributed by atoms with E-state index < -0.39 is 5.60 Å². The highest BCUT2D eigenvalue weighted by Crippen LogP contribution is 2.12. The van der Waals surface area contributed by atoms with Gasteiger partial charge < -0.3 is 10.4 Å². The van der Waals surface area contributed by atoms with Gasteiger partial charge in [-0.3, -0.25) is 9.89 Å². The molecule has 0 bridgehead atoms. The van der Waals surface area contributed by atoms with E-state index in [4.69, 9.17) is 0 Å². The molecule has 0 spiro atoms. The van der Waals surface area contributed by atoms with Crippen LogP contribution >= 0.6 is 0 Å². The molecule has 0 aromatic carbocycles. The summed E-state index contributed by atoms with van der Waals surface area (Å²) in [5.41, 5.74) is -0.838. The summed E-state index contributed by atoms with van der Waals surface area (Å²) < 4.78 is 0. The van der Waals surface area contributed by atoms with Gasteiger partial charge in [0.25, 0.3) is 5.91 Å². The van der Waals surface area contributed by atoms with Crippen LogP contribution < -0.4 is 5.32 Å². The summed E-state index contributed by atoms with van der Waals surface area (Å²) in [6.45, 7) is 3.98. The van der Waals surface area contributed by atoms with Gasteiger partial charge in [-0.05, 0) is 12.8 Å². The van der Waals surface area contributed by atoms with Crippen LogP contribution in [0.5, 0.6) is 0 Å². The zero-order valence-electron chi connectivity index (χ0n) is 8.95. The van der Waals surface area contributed by atoms with E-state index in [2.05, 4.69) is 20.5 Å². The van der Waals surface area contributed by atoms with Crippen LogP contribution in [-0.4, -0.2) is 38.3 Å². The molecule has 84 valence electrons. The normalized spacial score (nSPS) is 11.4. The molecule has 3 N–H and O–H groups in total. The van der Waals surface area contributed by atoms with Crippen molar-refractivity contribution in [1.29, 1.82) is 0 Å². The molecule has 1 heterocycles. The first-order chi connectivity index (χ1) is 7.11. The monoisotopic (exact) mass is 212 g/mol. The molecule has 1 aromatic heterocycles. The summed E-state index contributed by atoms with van der Waals surface area (Å²) in [4.78, 5) is 15.1. The van der Waals surface area contributed by atoms with Gasteiger partial charge in [-0.15, -0.1) is 0 Å². The van der Waals surface area contributed by atoms with Gasteiger partial charge in [-0.25, -0.2) is 4.98 Å².